The number of carbonyl (C=O) groups is 1. The van der Waals surface area contributed by atoms with Crippen molar-refractivity contribution in [2.24, 2.45) is 0 Å². The minimum Gasteiger partial charge on any atom is -0.496 e. The Labute approximate surface area is 159 Å². The molecule has 0 aliphatic rings. The van der Waals surface area contributed by atoms with Gasteiger partial charge in [-0.25, -0.2) is 0 Å². The van der Waals surface area contributed by atoms with E-state index in [1.54, 1.807) is 25.3 Å². The van der Waals surface area contributed by atoms with Crippen molar-refractivity contribution in [2.45, 2.75) is 20.5 Å². The van der Waals surface area contributed by atoms with Crippen molar-refractivity contribution in [2.75, 3.05) is 12.4 Å². The fraction of sp³-hybridized carbons (Fsp3) is 0.174. The number of anilines is 1. The second-order valence-electron chi connectivity index (χ2n) is 6.45. The quantitative estimate of drug-likeness (QED) is 0.661. The summed E-state index contributed by atoms with van der Waals surface area (Å²) in [7, 11) is 1.61. The van der Waals surface area contributed by atoms with E-state index >= 15 is 0 Å². The van der Waals surface area contributed by atoms with E-state index in [1.807, 2.05) is 62.4 Å². The minimum absolute atomic E-state index is 0.167. The smallest absolute Gasteiger partial charge is 0.255 e. The van der Waals surface area contributed by atoms with Gasteiger partial charge in [-0.2, -0.15) is 0 Å². The van der Waals surface area contributed by atoms with Gasteiger partial charge in [-0.15, -0.1) is 0 Å². The molecule has 4 heteroatoms. The Morgan fingerprint density at radius 2 is 1.70 bits per heavy atom. The molecule has 27 heavy (non-hydrogen) atoms. The maximum absolute atomic E-state index is 12.6. The van der Waals surface area contributed by atoms with E-state index in [4.69, 9.17) is 9.47 Å². The molecule has 0 saturated heterocycles. The molecule has 0 bridgehead atoms. The van der Waals surface area contributed by atoms with Crippen LogP contribution in [0.4, 0.5) is 5.69 Å². The summed E-state index contributed by atoms with van der Waals surface area (Å²) in [6.45, 7) is 4.34. The Morgan fingerprint density at radius 3 is 2.41 bits per heavy atom. The summed E-state index contributed by atoms with van der Waals surface area (Å²) in [4.78, 5) is 12.6. The summed E-state index contributed by atoms with van der Waals surface area (Å²) in [5.41, 5.74) is 4.41. The van der Waals surface area contributed by atoms with E-state index in [0.717, 1.165) is 22.6 Å². The second-order valence-corrected chi connectivity index (χ2v) is 6.45. The highest BCUT2D eigenvalue weighted by Crippen LogP contribution is 2.23. The summed E-state index contributed by atoms with van der Waals surface area (Å²) >= 11 is 0. The summed E-state index contributed by atoms with van der Waals surface area (Å²) < 4.78 is 11.3. The highest BCUT2D eigenvalue weighted by atomic mass is 16.5. The van der Waals surface area contributed by atoms with E-state index in [-0.39, 0.29) is 5.91 Å². The Kier molecular flexibility index (Phi) is 5.77. The monoisotopic (exact) mass is 361 g/mol. The van der Waals surface area contributed by atoms with Crippen LogP contribution in [0.3, 0.4) is 0 Å². The van der Waals surface area contributed by atoms with Gasteiger partial charge in [-0.1, -0.05) is 29.8 Å². The second kappa shape index (κ2) is 8.41. The van der Waals surface area contributed by atoms with Crippen LogP contribution < -0.4 is 14.8 Å². The standard InChI is InChI=1S/C23H23NO3/c1-16-7-10-21(11-8-16)27-15-19-14-18(9-12-22(19)26-3)23(25)24-20-6-4-5-17(2)13-20/h4-14H,15H2,1-3H3,(H,24,25). The third kappa shape index (κ3) is 4.88. The van der Waals surface area contributed by atoms with Gasteiger partial charge >= 0.3 is 0 Å². The van der Waals surface area contributed by atoms with Crippen molar-refractivity contribution < 1.29 is 14.3 Å². The molecule has 0 unspecified atom stereocenters. The van der Waals surface area contributed by atoms with Crippen molar-refractivity contribution in [1.29, 1.82) is 0 Å². The van der Waals surface area contributed by atoms with Crippen LogP contribution in [0, 0.1) is 13.8 Å². The Bertz CT molecular complexity index is 933. The van der Waals surface area contributed by atoms with Gasteiger partial charge in [0.2, 0.25) is 0 Å². The van der Waals surface area contributed by atoms with Crippen molar-refractivity contribution in [3.05, 3.63) is 89.0 Å². The number of ether oxygens (including phenoxy) is 2. The van der Waals surface area contributed by atoms with Gasteiger partial charge in [0, 0.05) is 16.8 Å². The lowest BCUT2D eigenvalue weighted by molar-refractivity contribution is 0.102. The molecule has 0 radical (unpaired) electrons. The number of aryl methyl sites for hydroxylation is 2. The predicted octanol–water partition coefficient (Wildman–Crippen LogP) is 5.14. The molecular weight excluding hydrogens is 338 g/mol. The summed E-state index contributed by atoms with van der Waals surface area (Å²) in [5, 5.41) is 2.92. The SMILES string of the molecule is COc1ccc(C(=O)Nc2cccc(C)c2)cc1COc1ccc(C)cc1. The molecule has 0 aliphatic heterocycles. The largest absolute Gasteiger partial charge is 0.496 e. The fourth-order valence-corrected chi connectivity index (χ4v) is 2.75. The zero-order valence-electron chi connectivity index (χ0n) is 15.8. The molecule has 0 spiro atoms. The van der Waals surface area contributed by atoms with Crippen LogP contribution >= 0.6 is 0 Å². The molecule has 0 fully saturated rings. The minimum atomic E-state index is -0.167. The fourth-order valence-electron chi connectivity index (χ4n) is 2.75. The van der Waals surface area contributed by atoms with Crippen molar-refractivity contribution in [3.8, 4) is 11.5 Å². The van der Waals surface area contributed by atoms with Crippen LogP contribution in [0.1, 0.15) is 27.0 Å². The lowest BCUT2D eigenvalue weighted by atomic mass is 10.1. The first-order valence-electron chi connectivity index (χ1n) is 8.79. The molecule has 0 aromatic heterocycles. The Balaban J connectivity index is 1.75. The first-order chi connectivity index (χ1) is 13.0. The van der Waals surface area contributed by atoms with Gasteiger partial charge < -0.3 is 14.8 Å². The molecule has 3 aromatic carbocycles. The number of hydrogen-bond donors (Lipinski definition) is 1. The average Bonchev–Trinajstić information content (AvgIpc) is 2.67. The molecule has 3 aromatic rings. The van der Waals surface area contributed by atoms with E-state index in [2.05, 4.69) is 5.32 Å². The van der Waals surface area contributed by atoms with Crippen molar-refractivity contribution in [1.82, 2.24) is 0 Å². The maximum atomic E-state index is 12.6. The highest BCUT2D eigenvalue weighted by Gasteiger charge is 2.11. The average molecular weight is 361 g/mol. The number of nitrogens with one attached hydrogen (secondary N) is 1. The molecule has 1 amide bonds. The van der Waals surface area contributed by atoms with Crippen LogP contribution in [0.25, 0.3) is 0 Å². The predicted molar refractivity (Wildman–Crippen MR) is 108 cm³/mol. The third-order valence-corrected chi connectivity index (χ3v) is 4.23. The molecule has 0 aliphatic carbocycles. The van der Waals surface area contributed by atoms with Gasteiger partial charge in [0.25, 0.3) is 5.91 Å². The van der Waals surface area contributed by atoms with Crippen LogP contribution in [-0.2, 0) is 6.61 Å². The summed E-state index contributed by atoms with van der Waals surface area (Å²) in [6, 6.07) is 20.9. The van der Waals surface area contributed by atoms with Crippen molar-refractivity contribution in [3.63, 3.8) is 0 Å². The zero-order valence-corrected chi connectivity index (χ0v) is 15.8. The molecule has 4 nitrogen and oxygen atoms in total. The summed E-state index contributed by atoms with van der Waals surface area (Å²) in [6.07, 6.45) is 0. The van der Waals surface area contributed by atoms with E-state index in [1.165, 1.54) is 5.56 Å². The zero-order chi connectivity index (χ0) is 19.2. The van der Waals surface area contributed by atoms with Crippen LogP contribution in [-0.4, -0.2) is 13.0 Å². The maximum Gasteiger partial charge on any atom is 0.255 e. The highest BCUT2D eigenvalue weighted by molar-refractivity contribution is 6.04. The van der Waals surface area contributed by atoms with E-state index in [9.17, 15) is 4.79 Å². The number of rotatable bonds is 6. The third-order valence-electron chi connectivity index (χ3n) is 4.23. The number of methoxy groups -OCH3 is 1. The van der Waals surface area contributed by atoms with Crippen LogP contribution in [0.15, 0.2) is 66.7 Å². The molecule has 0 saturated carbocycles. The summed E-state index contributed by atoms with van der Waals surface area (Å²) in [5.74, 6) is 1.30. The molecule has 1 N–H and O–H groups in total. The van der Waals surface area contributed by atoms with Crippen molar-refractivity contribution >= 4 is 11.6 Å². The van der Waals surface area contributed by atoms with E-state index in [0.29, 0.717) is 17.9 Å². The van der Waals surface area contributed by atoms with Gasteiger partial charge in [-0.05, 0) is 61.9 Å². The molecule has 0 atom stereocenters. The first-order valence-corrected chi connectivity index (χ1v) is 8.79. The molecule has 0 heterocycles. The Hall–Kier alpha value is -3.27. The topological polar surface area (TPSA) is 47.6 Å². The van der Waals surface area contributed by atoms with Crippen LogP contribution in [0.2, 0.25) is 0 Å². The number of benzene rings is 3. The molecule has 3 rings (SSSR count). The molecular formula is C23H23NO3. The number of carbonyl (C=O) groups excluding carboxylic acids is 1. The van der Waals surface area contributed by atoms with E-state index < -0.39 is 0 Å². The van der Waals surface area contributed by atoms with Gasteiger partial charge in [0.05, 0.1) is 7.11 Å². The Morgan fingerprint density at radius 1 is 0.926 bits per heavy atom. The van der Waals surface area contributed by atoms with Gasteiger partial charge in [-0.3, -0.25) is 4.79 Å². The van der Waals surface area contributed by atoms with Gasteiger partial charge in [0.1, 0.15) is 18.1 Å². The normalized spacial score (nSPS) is 10.3. The lowest BCUT2D eigenvalue weighted by Crippen LogP contribution is -2.13. The first kappa shape index (κ1) is 18.5. The number of amides is 1. The number of hydrogen-bond acceptors (Lipinski definition) is 3. The van der Waals surface area contributed by atoms with Crippen LogP contribution in [0.5, 0.6) is 11.5 Å². The lowest BCUT2D eigenvalue weighted by Gasteiger charge is -2.13. The van der Waals surface area contributed by atoms with Gasteiger partial charge in [0.15, 0.2) is 0 Å². The molecule has 138 valence electrons.